The Balaban J connectivity index is 0.000000261. The van der Waals surface area contributed by atoms with Crippen LogP contribution in [0.4, 0.5) is 0 Å². The first kappa shape index (κ1) is 49.0. The second-order valence-corrected chi connectivity index (χ2v) is 20.3. The Morgan fingerprint density at radius 2 is 1.24 bits per heavy atom. The Hall–Kier alpha value is -3.40. The highest BCUT2D eigenvalue weighted by Gasteiger charge is 2.33. The first-order chi connectivity index (χ1) is 30.4. The number of piperazine rings is 2. The fourth-order valence-electron chi connectivity index (χ4n) is 10.2. The molecule has 4 aliphatic rings. The third-order valence-corrected chi connectivity index (χ3v) is 16.2. The maximum absolute atomic E-state index is 13.2. The fourth-order valence-corrected chi connectivity index (χ4v) is 11.8. The molecule has 4 atom stereocenters. The number of carbonyl (C=O) groups excluding carboxylic acids is 1. The second-order valence-electron chi connectivity index (χ2n) is 18.3. The van der Waals surface area contributed by atoms with Crippen LogP contribution in [0.5, 0.6) is 5.75 Å². The van der Waals surface area contributed by atoms with Crippen molar-refractivity contribution in [2.75, 3.05) is 100 Å². The molecule has 2 aliphatic heterocycles. The number of likely N-dealkylation sites (N-methyl/N-ethyl adjacent to an activating group) is 2. The number of ether oxygens (including phenoxy) is 2. The summed E-state index contributed by atoms with van der Waals surface area (Å²) in [4.78, 5) is 25.6. The van der Waals surface area contributed by atoms with Gasteiger partial charge < -0.3 is 19.7 Å². The van der Waals surface area contributed by atoms with Crippen LogP contribution in [-0.2, 0) is 32.6 Å². The molecule has 3 aromatic carbocycles. The molecule has 2 aliphatic carbocycles. The van der Waals surface area contributed by atoms with E-state index >= 15 is 0 Å². The molecule has 2 saturated heterocycles. The highest BCUT2D eigenvalue weighted by atomic mass is 32.2. The molecule has 0 radical (unpaired) electrons. The van der Waals surface area contributed by atoms with Gasteiger partial charge in [0, 0.05) is 110 Å². The average molecular weight is 888 g/mol. The quantitative estimate of drug-likeness (QED) is 0.176. The molecule has 63 heavy (non-hydrogen) atoms. The molecule has 0 bridgehead atoms. The second kappa shape index (κ2) is 24.2. The van der Waals surface area contributed by atoms with Gasteiger partial charge in [-0.05, 0) is 100 Å². The zero-order valence-corrected chi connectivity index (χ0v) is 40.0. The summed E-state index contributed by atoms with van der Waals surface area (Å²) in [5, 5.41) is 3.48. The fraction of sp³-hybridized carbons (Fsp3) is 0.620. The molecule has 1 amide bonds. The van der Waals surface area contributed by atoms with E-state index in [4.69, 9.17) is 9.47 Å². The van der Waals surface area contributed by atoms with E-state index in [2.05, 4.69) is 92.6 Å². The Morgan fingerprint density at radius 1 is 0.730 bits per heavy atom. The summed E-state index contributed by atoms with van der Waals surface area (Å²) in [5.74, 6) is 0.573. The predicted octanol–water partition coefficient (Wildman–Crippen LogP) is 5.87. The van der Waals surface area contributed by atoms with Crippen molar-refractivity contribution in [2.45, 2.75) is 107 Å². The van der Waals surface area contributed by atoms with E-state index in [1.165, 1.54) is 73.7 Å². The maximum atomic E-state index is 13.2. The van der Waals surface area contributed by atoms with Gasteiger partial charge in [0.1, 0.15) is 12.4 Å². The van der Waals surface area contributed by atoms with Crippen LogP contribution in [0.15, 0.2) is 77.7 Å². The van der Waals surface area contributed by atoms with Crippen molar-refractivity contribution in [1.29, 1.82) is 0 Å². The highest BCUT2D eigenvalue weighted by molar-refractivity contribution is 7.89. The van der Waals surface area contributed by atoms with E-state index in [9.17, 15) is 13.2 Å². The van der Waals surface area contributed by atoms with Crippen LogP contribution in [0.2, 0.25) is 0 Å². The maximum Gasteiger partial charge on any atom is 0.248 e. The molecule has 0 aromatic heterocycles. The van der Waals surface area contributed by atoms with Crippen LogP contribution in [0.25, 0.3) is 0 Å². The summed E-state index contributed by atoms with van der Waals surface area (Å²) < 4.78 is 38.7. The number of methoxy groups -OCH3 is 1. The summed E-state index contributed by atoms with van der Waals surface area (Å²) in [7, 11) is 3.40. The van der Waals surface area contributed by atoms with Gasteiger partial charge in [-0.3, -0.25) is 24.4 Å². The molecular formula is C50H77N7O5S. The minimum Gasteiger partial charge on any atom is -0.497 e. The molecule has 0 spiro atoms. The smallest absolute Gasteiger partial charge is 0.248 e. The van der Waals surface area contributed by atoms with Crippen molar-refractivity contribution in [1.82, 2.24) is 34.1 Å². The summed E-state index contributed by atoms with van der Waals surface area (Å²) in [6, 6.07) is 27.2. The zero-order valence-electron chi connectivity index (χ0n) is 39.2. The molecule has 348 valence electrons. The van der Waals surface area contributed by atoms with E-state index < -0.39 is 10.0 Å². The lowest BCUT2D eigenvalue weighted by molar-refractivity contribution is -0.138. The van der Waals surface area contributed by atoms with Gasteiger partial charge in [0.05, 0.1) is 18.6 Å². The predicted molar refractivity (Wildman–Crippen MR) is 254 cm³/mol. The van der Waals surface area contributed by atoms with E-state index in [-0.39, 0.29) is 36.6 Å². The van der Waals surface area contributed by atoms with Crippen molar-refractivity contribution in [3.63, 3.8) is 0 Å². The van der Waals surface area contributed by atoms with Crippen LogP contribution in [-0.4, -0.2) is 168 Å². The van der Waals surface area contributed by atoms with Crippen molar-refractivity contribution in [3.05, 3.63) is 95.1 Å². The first-order valence-electron chi connectivity index (χ1n) is 23.6. The normalized spacial score (nSPS) is 23.2. The molecule has 1 N–H and O–H groups in total. The minimum atomic E-state index is -3.70. The Bertz CT molecular complexity index is 1920. The number of sulfonamides is 1. The molecule has 2 saturated carbocycles. The molecule has 7 rings (SSSR count). The number of nitrogens with one attached hydrogen (secondary N) is 1. The zero-order chi connectivity index (χ0) is 44.8. The SMILES string of the molecule is CN[C@@H]1CCC[C@H](N2CCN(Cc3ccccc3)CC2)C1.COc1cc(C)c(S(=O)(=O)N(C)CCOCC(=O)N(C)[C@@H]2CCC[C@H](N3CCN(Cc4ccccc4)CC3)C2)c(C)c1. The number of rotatable bonds is 16. The van der Waals surface area contributed by atoms with E-state index in [0.717, 1.165) is 70.6 Å². The number of aryl methyl sites for hydroxylation is 2. The van der Waals surface area contributed by atoms with Crippen LogP contribution in [0.1, 0.15) is 73.6 Å². The Kier molecular flexibility index (Phi) is 18.9. The monoisotopic (exact) mass is 888 g/mol. The van der Waals surface area contributed by atoms with Crippen LogP contribution >= 0.6 is 0 Å². The summed E-state index contributed by atoms with van der Waals surface area (Å²) in [6.45, 7) is 15.1. The minimum absolute atomic E-state index is 0.0513. The summed E-state index contributed by atoms with van der Waals surface area (Å²) in [6.07, 6.45) is 9.79. The van der Waals surface area contributed by atoms with Gasteiger partial charge in [0.15, 0.2) is 0 Å². The lowest BCUT2D eigenvalue weighted by atomic mass is 9.88. The molecule has 12 nitrogen and oxygen atoms in total. The van der Waals surface area contributed by atoms with Crippen molar-refractivity contribution >= 4 is 15.9 Å². The number of hydrogen-bond donors (Lipinski definition) is 1. The number of nitrogens with zero attached hydrogens (tertiary/aromatic N) is 6. The van der Waals surface area contributed by atoms with Crippen molar-refractivity contribution in [3.8, 4) is 5.75 Å². The lowest BCUT2D eigenvalue weighted by Gasteiger charge is -2.44. The van der Waals surface area contributed by atoms with Gasteiger partial charge in [-0.25, -0.2) is 8.42 Å². The van der Waals surface area contributed by atoms with Crippen LogP contribution in [0, 0.1) is 13.8 Å². The van der Waals surface area contributed by atoms with Gasteiger partial charge >= 0.3 is 0 Å². The summed E-state index contributed by atoms with van der Waals surface area (Å²) >= 11 is 0. The molecule has 2 heterocycles. The largest absolute Gasteiger partial charge is 0.497 e. The number of carbonyl (C=O) groups is 1. The summed E-state index contributed by atoms with van der Waals surface area (Å²) in [5.41, 5.74) is 4.08. The van der Waals surface area contributed by atoms with E-state index in [0.29, 0.717) is 22.9 Å². The Morgan fingerprint density at radius 3 is 1.75 bits per heavy atom. The Labute approximate surface area is 379 Å². The van der Waals surface area contributed by atoms with Gasteiger partial charge in [0.2, 0.25) is 15.9 Å². The molecular weight excluding hydrogens is 811 g/mol. The topological polar surface area (TPSA) is 101 Å². The lowest BCUT2D eigenvalue weighted by Crippen LogP contribution is -2.53. The number of amides is 1. The standard InChI is InChI=1S/C32H48N4O5S.C18H29N3/c1-25-20-30(40-5)21-26(2)32(25)42(38,39)33(3)18-19-41-24-31(37)34(4)28-12-9-13-29(22-28)36-16-14-35(15-17-36)23-27-10-7-6-8-11-27;1-19-17-8-5-9-18(14-17)21-12-10-20(11-13-21)15-16-6-3-2-4-7-16/h6-8,10-11,20-21,28-29H,9,12-19,22-24H2,1-5H3;2-4,6-7,17-19H,5,8-15H2,1H3/t28-,29+;17-,18+/m11/s1. The van der Waals surface area contributed by atoms with Gasteiger partial charge in [0.25, 0.3) is 0 Å². The van der Waals surface area contributed by atoms with Gasteiger partial charge in [-0.1, -0.05) is 67.1 Å². The molecule has 13 heteroatoms. The molecule has 4 fully saturated rings. The van der Waals surface area contributed by atoms with Crippen molar-refractivity contribution < 1.29 is 22.7 Å². The van der Waals surface area contributed by atoms with Gasteiger partial charge in [-0.15, -0.1) is 0 Å². The van der Waals surface area contributed by atoms with Crippen molar-refractivity contribution in [2.24, 2.45) is 0 Å². The van der Waals surface area contributed by atoms with Crippen LogP contribution < -0.4 is 10.1 Å². The van der Waals surface area contributed by atoms with Gasteiger partial charge in [-0.2, -0.15) is 4.31 Å². The first-order valence-corrected chi connectivity index (χ1v) is 25.0. The number of benzene rings is 3. The van der Waals surface area contributed by atoms with E-state index in [1.807, 2.05) is 11.9 Å². The number of hydrogen-bond acceptors (Lipinski definition) is 10. The highest BCUT2D eigenvalue weighted by Crippen LogP contribution is 2.29. The third kappa shape index (κ3) is 14.0. The third-order valence-electron chi connectivity index (χ3n) is 14.1. The molecule has 0 unspecified atom stereocenters. The van der Waals surface area contributed by atoms with Crippen LogP contribution in [0.3, 0.4) is 0 Å². The van der Waals surface area contributed by atoms with E-state index in [1.54, 1.807) is 40.1 Å². The average Bonchev–Trinajstić information content (AvgIpc) is 3.31. The molecule has 3 aromatic rings.